The lowest BCUT2D eigenvalue weighted by Crippen LogP contribution is -2.84. The maximum atomic E-state index is 6.33. The highest BCUT2D eigenvalue weighted by atomic mass is 28.4. The van der Waals surface area contributed by atoms with Gasteiger partial charge in [-0.25, -0.2) is 0 Å². The van der Waals surface area contributed by atoms with Crippen molar-refractivity contribution in [1.82, 2.24) is 10.2 Å². The maximum Gasteiger partial charge on any atom is 0.283 e. The first-order chi connectivity index (χ1) is 14.0. The van der Waals surface area contributed by atoms with E-state index in [9.17, 15) is 0 Å². The van der Waals surface area contributed by atoms with Crippen LogP contribution in [0.25, 0.3) is 0 Å². The zero-order valence-corrected chi connectivity index (χ0v) is 20.2. The Morgan fingerprint density at radius 1 is 1.21 bits per heavy atom. The number of hydrogen-bond acceptors (Lipinski definition) is 5. The summed E-state index contributed by atoms with van der Waals surface area (Å²) in [4.78, 5) is 2.46. The minimum atomic E-state index is -2.57. The topological polar surface area (TPSA) is 43.0 Å². The zero-order valence-electron chi connectivity index (χ0n) is 19.2. The van der Waals surface area contributed by atoms with Crippen LogP contribution >= 0.6 is 0 Å². The first kappa shape index (κ1) is 24.2. The van der Waals surface area contributed by atoms with Crippen LogP contribution in [0.15, 0.2) is 42.6 Å². The van der Waals surface area contributed by atoms with Gasteiger partial charge in [0.2, 0.25) is 5.41 Å². The van der Waals surface area contributed by atoms with Crippen LogP contribution < -0.4 is 5.32 Å². The fourth-order valence-corrected chi connectivity index (χ4v) is 9.62. The van der Waals surface area contributed by atoms with Crippen LogP contribution in [-0.4, -0.2) is 65.1 Å². The molecule has 1 N–H and O–H groups in total. The van der Waals surface area contributed by atoms with Crippen LogP contribution in [0.3, 0.4) is 0 Å². The van der Waals surface area contributed by atoms with Crippen molar-refractivity contribution in [1.29, 1.82) is 0 Å². The van der Waals surface area contributed by atoms with E-state index < -0.39 is 19.3 Å². The second kappa shape index (κ2) is 10.3. The molecule has 1 aromatic carbocycles. The van der Waals surface area contributed by atoms with Gasteiger partial charge < -0.3 is 19.2 Å². The van der Waals surface area contributed by atoms with Gasteiger partial charge in [-0.3, -0.25) is 4.90 Å². The average Bonchev–Trinajstić information content (AvgIpc) is 2.74. The highest BCUT2D eigenvalue weighted by Crippen LogP contribution is 2.50. The van der Waals surface area contributed by atoms with Gasteiger partial charge in [0, 0.05) is 33.9 Å². The molecule has 0 bridgehead atoms. The van der Waals surface area contributed by atoms with E-state index in [0.717, 1.165) is 38.4 Å². The Hall–Kier alpha value is -1.02. The average molecular weight is 421 g/mol. The molecule has 0 aromatic heterocycles. The fraction of sp³-hybridized carbons (Fsp3) is 0.652. The number of likely N-dealkylation sites (N-methyl/N-ethyl adjacent to an activating group) is 2. The second-order valence-electron chi connectivity index (χ2n) is 8.03. The number of nitrogens with zero attached hydrogens (tertiary/aromatic N) is 1. The van der Waals surface area contributed by atoms with Crippen molar-refractivity contribution in [2.24, 2.45) is 0 Å². The standard InChI is InChI=1S/C23H40N2O3Si/c1-8-17-22(24-9-2)21(25(4)19-20-14-12-11-13-15-20)16-18-29(10-3,28-7)23(22,26-5)27-6/h10-15,21,24H,3,8-9,16-19H2,1-2,4-7H3. The third kappa shape index (κ3) is 3.99. The van der Waals surface area contributed by atoms with Gasteiger partial charge >= 0.3 is 0 Å². The molecule has 3 unspecified atom stereocenters. The summed E-state index contributed by atoms with van der Waals surface area (Å²) in [6.45, 7) is 10.3. The van der Waals surface area contributed by atoms with Crippen molar-refractivity contribution in [2.75, 3.05) is 34.9 Å². The molecule has 5 nitrogen and oxygen atoms in total. The predicted octanol–water partition coefficient (Wildman–Crippen LogP) is 3.88. The lowest BCUT2D eigenvalue weighted by Gasteiger charge is -2.63. The fourth-order valence-electron chi connectivity index (χ4n) is 5.65. The Balaban J connectivity index is 2.59. The van der Waals surface area contributed by atoms with Gasteiger partial charge in [-0.2, -0.15) is 0 Å². The van der Waals surface area contributed by atoms with E-state index in [-0.39, 0.29) is 6.04 Å². The zero-order chi connectivity index (χ0) is 21.5. The molecule has 0 spiro atoms. The molecule has 0 saturated carbocycles. The van der Waals surface area contributed by atoms with Crippen LogP contribution in [0.2, 0.25) is 6.04 Å². The lowest BCUT2D eigenvalue weighted by molar-refractivity contribution is -0.233. The molecule has 0 amide bonds. The molecule has 164 valence electrons. The summed E-state index contributed by atoms with van der Waals surface area (Å²) in [5, 5.41) is 3.85. The summed E-state index contributed by atoms with van der Waals surface area (Å²) in [5.41, 5.74) is 2.05. The molecule has 1 aliphatic rings. The van der Waals surface area contributed by atoms with E-state index in [1.165, 1.54) is 5.56 Å². The lowest BCUT2D eigenvalue weighted by atomic mass is 9.80. The number of nitrogens with one attached hydrogen (secondary N) is 1. The molecule has 1 heterocycles. The molecule has 0 aliphatic carbocycles. The second-order valence-corrected chi connectivity index (χ2v) is 11.8. The minimum Gasteiger partial charge on any atom is -0.411 e. The van der Waals surface area contributed by atoms with Crippen LogP contribution in [-0.2, 0) is 20.4 Å². The largest absolute Gasteiger partial charge is 0.411 e. The summed E-state index contributed by atoms with van der Waals surface area (Å²) >= 11 is 0. The van der Waals surface area contributed by atoms with Crippen molar-refractivity contribution in [3.8, 4) is 0 Å². The molecular weight excluding hydrogens is 380 g/mol. The van der Waals surface area contributed by atoms with Crippen molar-refractivity contribution >= 4 is 8.32 Å². The quantitative estimate of drug-likeness (QED) is 0.435. The van der Waals surface area contributed by atoms with Gasteiger partial charge in [-0.05, 0) is 38.0 Å². The molecular formula is C23H40N2O3Si. The van der Waals surface area contributed by atoms with Crippen molar-refractivity contribution < 1.29 is 13.9 Å². The van der Waals surface area contributed by atoms with Gasteiger partial charge in [0.1, 0.15) is 0 Å². The molecule has 6 heteroatoms. The smallest absolute Gasteiger partial charge is 0.283 e. The predicted molar refractivity (Wildman–Crippen MR) is 122 cm³/mol. The summed E-state index contributed by atoms with van der Waals surface area (Å²) in [6, 6.07) is 11.8. The number of ether oxygens (including phenoxy) is 2. The van der Waals surface area contributed by atoms with E-state index in [0.29, 0.717) is 0 Å². The summed E-state index contributed by atoms with van der Waals surface area (Å²) in [5.74, 6) is 0. The first-order valence-electron chi connectivity index (χ1n) is 10.7. The monoisotopic (exact) mass is 420 g/mol. The molecule has 29 heavy (non-hydrogen) atoms. The summed E-state index contributed by atoms with van der Waals surface area (Å²) < 4.78 is 18.9. The van der Waals surface area contributed by atoms with E-state index in [4.69, 9.17) is 13.9 Å². The minimum absolute atomic E-state index is 0.234. The first-order valence-corrected chi connectivity index (χ1v) is 12.9. The van der Waals surface area contributed by atoms with Crippen LogP contribution in [0.5, 0.6) is 0 Å². The summed E-state index contributed by atoms with van der Waals surface area (Å²) in [7, 11) is 4.95. The van der Waals surface area contributed by atoms with Crippen LogP contribution in [0.1, 0.15) is 38.7 Å². The highest BCUT2D eigenvalue weighted by molar-refractivity contribution is 6.81. The Morgan fingerprint density at radius 2 is 1.86 bits per heavy atom. The van der Waals surface area contributed by atoms with Gasteiger partial charge in [-0.15, -0.1) is 6.58 Å². The molecule has 1 aliphatic heterocycles. The van der Waals surface area contributed by atoms with Crippen molar-refractivity contribution in [2.45, 2.75) is 62.7 Å². The van der Waals surface area contributed by atoms with Gasteiger partial charge in [-0.1, -0.05) is 56.3 Å². The number of benzene rings is 1. The van der Waals surface area contributed by atoms with Gasteiger partial charge in [0.25, 0.3) is 8.32 Å². The molecule has 2 rings (SSSR count). The Bertz CT molecular complexity index is 632. The van der Waals surface area contributed by atoms with E-state index in [1.54, 1.807) is 21.3 Å². The normalized spacial score (nSPS) is 29.1. The molecule has 3 atom stereocenters. The Kier molecular flexibility index (Phi) is 8.64. The third-order valence-corrected chi connectivity index (χ3v) is 11.1. The van der Waals surface area contributed by atoms with Crippen molar-refractivity contribution in [3.63, 3.8) is 0 Å². The SMILES string of the molecule is C=C[Si]1(OC)CCC(N(C)Cc2ccccc2)C(CCC)(NCC)C1(OC)OC. The van der Waals surface area contributed by atoms with Gasteiger partial charge in [0.05, 0.1) is 5.54 Å². The van der Waals surface area contributed by atoms with E-state index in [2.05, 4.69) is 68.0 Å². The molecule has 1 fully saturated rings. The number of hydrogen-bond donors (Lipinski definition) is 1. The maximum absolute atomic E-state index is 6.33. The molecule has 1 saturated heterocycles. The van der Waals surface area contributed by atoms with Crippen molar-refractivity contribution in [3.05, 3.63) is 48.2 Å². The highest BCUT2D eigenvalue weighted by Gasteiger charge is 2.71. The van der Waals surface area contributed by atoms with E-state index in [1.807, 2.05) is 5.70 Å². The van der Waals surface area contributed by atoms with E-state index >= 15 is 0 Å². The van der Waals surface area contributed by atoms with Crippen LogP contribution in [0.4, 0.5) is 0 Å². The molecule has 1 aromatic rings. The third-order valence-electron chi connectivity index (χ3n) is 6.71. The number of rotatable bonds is 11. The van der Waals surface area contributed by atoms with Crippen LogP contribution in [0, 0.1) is 0 Å². The van der Waals surface area contributed by atoms with Gasteiger partial charge in [0.15, 0.2) is 0 Å². The Morgan fingerprint density at radius 3 is 2.34 bits per heavy atom. The Labute approximate surface area is 178 Å². The number of methoxy groups -OCH3 is 2. The molecule has 0 radical (unpaired) electrons. The summed E-state index contributed by atoms with van der Waals surface area (Å²) in [6.07, 6.45) is 2.96.